The quantitative estimate of drug-likeness (QED) is 0.823. The molecule has 106 valence electrons. The van der Waals surface area contributed by atoms with Crippen LogP contribution in [0.25, 0.3) is 0 Å². The predicted molar refractivity (Wildman–Crippen MR) is 82.2 cm³/mol. The Morgan fingerprint density at radius 3 is 2.20 bits per heavy atom. The van der Waals surface area contributed by atoms with Gasteiger partial charge in [0.25, 0.3) is 0 Å². The van der Waals surface area contributed by atoms with Crippen molar-refractivity contribution in [2.24, 2.45) is 0 Å². The van der Waals surface area contributed by atoms with E-state index in [4.69, 9.17) is 0 Å². The van der Waals surface area contributed by atoms with Crippen molar-refractivity contribution < 1.29 is 4.39 Å². The first kappa shape index (κ1) is 14.7. The summed E-state index contributed by atoms with van der Waals surface area (Å²) in [6, 6.07) is 15.8. The molecule has 2 rings (SSSR count). The molecule has 0 saturated heterocycles. The monoisotopic (exact) mass is 271 g/mol. The normalized spacial score (nSPS) is 14.0. The second-order valence-electron chi connectivity index (χ2n) is 5.26. The minimum Gasteiger partial charge on any atom is -0.304 e. The average molecular weight is 271 g/mol. The summed E-state index contributed by atoms with van der Waals surface area (Å²) in [4.78, 5) is 0. The molecule has 0 aliphatic heterocycles. The van der Waals surface area contributed by atoms with E-state index in [1.165, 1.54) is 17.2 Å². The summed E-state index contributed by atoms with van der Waals surface area (Å²) in [5.41, 5.74) is 3.58. The Labute approximate surface area is 120 Å². The number of nitrogens with one attached hydrogen (secondary N) is 1. The van der Waals surface area contributed by atoms with Crippen LogP contribution >= 0.6 is 0 Å². The molecule has 1 unspecified atom stereocenters. The van der Waals surface area contributed by atoms with Gasteiger partial charge in [-0.1, -0.05) is 43.3 Å². The summed E-state index contributed by atoms with van der Waals surface area (Å²) in [6.45, 7) is 6.35. The smallest absolute Gasteiger partial charge is 0.123 e. The van der Waals surface area contributed by atoms with Gasteiger partial charge in [-0.3, -0.25) is 0 Å². The molecular weight excluding hydrogens is 249 g/mol. The summed E-state index contributed by atoms with van der Waals surface area (Å²) in [5, 5.41) is 3.51. The van der Waals surface area contributed by atoms with Gasteiger partial charge >= 0.3 is 0 Å². The molecule has 20 heavy (non-hydrogen) atoms. The molecule has 2 atom stereocenters. The number of aryl methyl sites for hydroxylation is 1. The van der Waals surface area contributed by atoms with Gasteiger partial charge in [-0.25, -0.2) is 4.39 Å². The van der Waals surface area contributed by atoms with Gasteiger partial charge in [0, 0.05) is 12.1 Å². The Bertz CT molecular complexity index is 548. The van der Waals surface area contributed by atoms with Gasteiger partial charge < -0.3 is 5.32 Å². The molecule has 2 aromatic rings. The fraction of sp³-hybridized carbons (Fsp3) is 0.333. The third kappa shape index (κ3) is 3.67. The molecule has 0 fully saturated rings. The third-order valence-electron chi connectivity index (χ3n) is 3.74. The van der Waals surface area contributed by atoms with Crippen molar-refractivity contribution in [2.75, 3.05) is 0 Å². The molecule has 0 heterocycles. The van der Waals surface area contributed by atoms with E-state index in [0.717, 1.165) is 12.0 Å². The topological polar surface area (TPSA) is 12.0 Å². The number of hydrogen-bond acceptors (Lipinski definition) is 1. The fourth-order valence-electron chi connectivity index (χ4n) is 2.39. The lowest BCUT2D eigenvalue weighted by Crippen LogP contribution is -2.22. The molecule has 2 heteroatoms. The van der Waals surface area contributed by atoms with Gasteiger partial charge in [-0.05, 0) is 49.1 Å². The number of benzene rings is 2. The van der Waals surface area contributed by atoms with Crippen LogP contribution in [0.4, 0.5) is 4.39 Å². The Morgan fingerprint density at radius 2 is 1.60 bits per heavy atom. The molecule has 0 bridgehead atoms. The van der Waals surface area contributed by atoms with Crippen LogP contribution in [-0.2, 0) is 6.42 Å². The zero-order valence-electron chi connectivity index (χ0n) is 12.4. The van der Waals surface area contributed by atoms with Crippen LogP contribution in [0.5, 0.6) is 0 Å². The van der Waals surface area contributed by atoms with E-state index in [1.807, 2.05) is 6.07 Å². The Kier molecular flexibility index (Phi) is 4.91. The zero-order valence-corrected chi connectivity index (χ0v) is 12.4. The van der Waals surface area contributed by atoms with Crippen molar-refractivity contribution in [3.05, 3.63) is 71.0 Å². The second kappa shape index (κ2) is 6.67. The fourth-order valence-corrected chi connectivity index (χ4v) is 2.39. The summed E-state index contributed by atoms with van der Waals surface area (Å²) < 4.78 is 13.2. The van der Waals surface area contributed by atoms with E-state index in [0.29, 0.717) is 0 Å². The maximum absolute atomic E-state index is 13.2. The molecule has 1 N–H and O–H groups in total. The standard InChI is InChI=1S/C18H22FN/c1-4-15-8-10-16(11-9-15)13(2)20-14(3)17-6-5-7-18(19)12-17/h5-14,20H,4H2,1-3H3/t13?,14-/m0/s1. The van der Waals surface area contributed by atoms with Crippen molar-refractivity contribution in [3.8, 4) is 0 Å². The third-order valence-corrected chi connectivity index (χ3v) is 3.74. The van der Waals surface area contributed by atoms with E-state index >= 15 is 0 Å². The van der Waals surface area contributed by atoms with Crippen molar-refractivity contribution >= 4 is 0 Å². The molecule has 0 spiro atoms. The first-order valence-corrected chi connectivity index (χ1v) is 7.20. The van der Waals surface area contributed by atoms with Crippen LogP contribution in [-0.4, -0.2) is 0 Å². The van der Waals surface area contributed by atoms with E-state index in [9.17, 15) is 4.39 Å². The van der Waals surface area contributed by atoms with Gasteiger partial charge in [-0.2, -0.15) is 0 Å². The highest BCUT2D eigenvalue weighted by Gasteiger charge is 2.11. The van der Waals surface area contributed by atoms with E-state index < -0.39 is 0 Å². The van der Waals surface area contributed by atoms with Gasteiger partial charge in [0.05, 0.1) is 0 Å². The molecule has 1 nitrogen and oxygen atoms in total. The van der Waals surface area contributed by atoms with Crippen LogP contribution in [0, 0.1) is 5.82 Å². The van der Waals surface area contributed by atoms with Crippen molar-refractivity contribution in [2.45, 2.75) is 39.3 Å². The summed E-state index contributed by atoms with van der Waals surface area (Å²) >= 11 is 0. The maximum atomic E-state index is 13.2. The molecule has 0 amide bonds. The van der Waals surface area contributed by atoms with Crippen molar-refractivity contribution in [1.82, 2.24) is 5.32 Å². The van der Waals surface area contributed by atoms with Crippen LogP contribution in [0.15, 0.2) is 48.5 Å². The van der Waals surface area contributed by atoms with E-state index in [-0.39, 0.29) is 17.9 Å². The minimum absolute atomic E-state index is 0.117. The highest BCUT2D eigenvalue weighted by Crippen LogP contribution is 2.20. The molecule has 0 saturated carbocycles. The molecule has 0 radical (unpaired) electrons. The van der Waals surface area contributed by atoms with Crippen LogP contribution < -0.4 is 5.32 Å². The summed E-state index contributed by atoms with van der Waals surface area (Å²) in [6.07, 6.45) is 1.06. The number of rotatable bonds is 5. The Hall–Kier alpha value is -1.67. The van der Waals surface area contributed by atoms with Crippen molar-refractivity contribution in [3.63, 3.8) is 0 Å². The van der Waals surface area contributed by atoms with Crippen molar-refractivity contribution in [1.29, 1.82) is 0 Å². The number of hydrogen-bond donors (Lipinski definition) is 1. The Morgan fingerprint density at radius 1 is 0.950 bits per heavy atom. The molecule has 0 aliphatic rings. The van der Waals surface area contributed by atoms with Crippen LogP contribution in [0.2, 0.25) is 0 Å². The SMILES string of the molecule is CCc1ccc(C(C)N[C@@H](C)c2cccc(F)c2)cc1. The molecule has 2 aromatic carbocycles. The van der Waals surface area contributed by atoms with Gasteiger partial charge in [0.2, 0.25) is 0 Å². The molecule has 0 aliphatic carbocycles. The van der Waals surface area contributed by atoms with Crippen LogP contribution in [0.1, 0.15) is 49.5 Å². The lowest BCUT2D eigenvalue weighted by atomic mass is 10.0. The Balaban J connectivity index is 2.04. The average Bonchev–Trinajstić information content (AvgIpc) is 2.47. The van der Waals surface area contributed by atoms with E-state index in [1.54, 1.807) is 12.1 Å². The summed E-state index contributed by atoms with van der Waals surface area (Å²) in [7, 11) is 0. The highest BCUT2D eigenvalue weighted by atomic mass is 19.1. The zero-order chi connectivity index (χ0) is 14.5. The van der Waals surface area contributed by atoms with Gasteiger partial charge in [-0.15, -0.1) is 0 Å². The largest absolute Gasteiger partial charge is 0.304 e. The van der Waals surface area contributed by atoms with Gasteiger partial charge in [0.15, 0.2) is 0 Å². The first-order chi connectivity index (χ1) is 9.60. The highest BCUT2D eigenvalue weighted by molar-refractivity contribution is 5.26. The second-order valence-corrected chi connectivity index (χ2v) is 5.26. The minimum atomic E-state index is -0.184. The van der Waals surface area contributed by atoms with E-state index in [2.05, 4.69) is 50.4 Å². The first-order valence-electron chi connectivity index (χ1n) is 7.20. The lowest BCUT2D eigenvalue weighted by Gasteiger charge is -2.21. The lowest BCUT2D eigenvalue weighted by molar-refractivity contribution is 0.492. The molecule has 0 aromatic heterocycles. The number of halogens is 1. The molecular formula is C18H22FN. The van der Waals surface area contributed by atoms with Gasteiger partial charge in [0.1, 0.15) is 5.82 Å². The predicted octanol–water partition coefficient (Wildman–Crippen LogP) is 4.80. The summed E-state index contributed by atoms with van der Waals surface area (Å²) in [5.74, 6) is -0.184. The maximum Gasteiger partial charge on any atom is 0.123 e. The van der Waals surface area contributed by atoms with Crippen LogP contribution in [0.3, 0.4) is 0 Å².